The summed E-state index contributed by atoms with van der Waals surface area (Å²) in [6.45, 7) is -0.0441. The van der Waals surface area contributed by atoms with Crippen LogP contribution in [0.15, 0.2) is 48.5 Å². The Bertz CT molecular complexity index is 723. The molecule has 2 aromatic rings. The van der Waals surface area contributed by atoms with Crippen LogP contribution in [-0.4, -0.2) is 35.2 Å². The fourth-order valence-corrected chi connectivity index (χ4v) is 2.87. The van der Waals surface area contributed by atoms with Crippen molar-refractivity contribution < 1.29 is 23.4 Å². The second-order valence-electron chi connectivity index (χ2n) is 5.73. The number of amides is 1. The van der Waals surface area contributed by atoms with E-state index in [0.29, 0.717) is 11.3 Å². The first kappa shape index (κ1) is 16.4. The normalized spacial score (nSPS) is 20.2. The van der Waals surface area contributed by atoms with Crippen LogP contribution in [0.1, 0.15) is 18.0 Å². The Morgan fingerprint density at radius 2 is 1.92 bits per heavy atom. The van der Waals surface area contributed by atoms with Gasteiger partial charge in [-0.15, -0.1) is 0 Å². The van der Waals surface area contributed by atoms with Crippen molar-refractivity contribution in [3.63, 3.8) is 0 Å². The summed E-state index contributed by atoms with van der Waals surface area (Å²) in [6, 6.07) is 11.9. The number of carbonyl (C=O) groups excluding carboxylic acids is 1. The Labute approximate surface area is 138 Å². The Hall–Kier alpha value is -2.47. The highest BCUT2D eigenvalue weighted by Gasteiger charge is 2.35. The van der Waals surface area contributed by atoms with E-state index in [4.69, 9.17) is 4.74 Å². The van der Waals surface area contributed by atoms with Gasteiger partial charge in [-0.3, -0.25) is 4.79 Å². The number of ether oxygens (including phenoxy) is 1. The Morgan fingerprint density at radius 1 is 1.17 bits per heavy atom. The molecule has 2 aromatic carbocycles. The predicted octanol–water partition coefficient (Wildman–Crippen LogP) is 2.68. The summed E-state index contributed by atoms with van der Waals surface area (Å²) in [6.07, 6.45) is -0.425. The van der Waals surface area contributed by atoms with Crippen molar-refractivity contribution in [2.24, 2.45) is 0 Å². The molecule has 1 saturated heterocycles. The zero-order chi connectivity index (χ0) is 17.1. The molecule has 0 bridgehead atoms. The second kappa shape index (κ2) is 6.97. The highest BCUT2D eigenvalue weighted by molar-refractivity contribution is 5.78. The van der Waals surface area contributed by atoms with Crippen molar-refractivity contribution in [2.75, 3.05) is 13.2 Å². The summed E-state index contributed by atoms with van der Waals surface area (Å²) in [4.78, 5) is 13.9. The van der Waals surface area contributed by atoms with E-state index in [0.717, 1.165) is 12.1 Å². The topological polar surface area (TPSA) is 49.8 Å². The first-order valence-corrected chi connectivity index (χ1v) is 7.65. The number of halogens is 2. The third kappa shape index (κ3) is 3.54. The van der Waals surface area contributed by atoms with Gasteiger partial charge in [0, 0.05) is 6.54 Å². The van der Waals surface area contributed by atoms with Gasteiger partial charge in [-0.2, -0.15) is 0 Å². The first-order chi connectivity index (χ1) is 11.5. The molecule has 0 aromatic heterocycles. The average Bonchev–Trinajstić information content (AvgIpc) is 2.98. The summed E-state index contributed by atoms with van der Waals surface area (Å²) >= 11 is 0. The number of aliphatic hydroxyl groups is 1. The lowest BCUT2D eigenvalue weighted by Gasteiger charge is -2.25. The van der Waals surface area contributed by atoms with Crippen LogP contribution >= 0.6 is 0 Å². The van der Waals surface area contributed by atoms with Gasteiger partial charge < -0.3 is 14.7 Å². The number of para-hydroxylation sites is 1. The van der Waals surface area contributed by atoms with E-state index in [9.17, 15) is 18.7 Å². The van der Waals surface area contributed by atoms with E-state index in [1.807, 2.05) is 6.07 Å². The molecule has 1 amide bonds. The molecule has 0 radical (unpaired) electrons. The third-order valence-electron chi connectivity index (χ3n) is 4.03. The zero-order valence-electron chi connectivity index (χ0n) is 12.9. The number of aliphatic hydroxyl groups excluding tert-OH is 1. The number of likely N-dealkylation sites (tertiary alicyclic amines) is 1. The van der Waals surface area contributed by atoms with Crippen molar-refractivity contribution in [3.8, 4) is 5.75 Å². The molecule has 3 rings (SSSR count). The quantitative estimate of drug-likeness (QED) is 0.936. The molecule has 126 valence electrons. The maximum absolute atomic E-state index is 13.5. The third-order valence-corrected chi connectivity index (χ3v) is 4.03. The largest absolute Gasteiger partial charge is 0.484 e. The number of β-amino-alcohol motifs (C(OH)–C–C–N with tert-alkyl or cyclic N) is 1. The lowest BCUT2D eigenvalue weighted by atomic mass is 10.0. The zero-order valence-corrected chi connectivity index (χ0v) is 12.9. The van der Waals surface area contributed by atoms with Gasteiger partial charge in [0.25, 0.3) is 5.91 Å². The lowest BCUT2D eigenvalue weighted by molar-refractivity contribution is -0.134. The molecule has 24 heavy (non-hydrogen) atoms. The van der Waals surface area contributed by atoms with Crippen LogP contribution in [0, 0.1) is 11.6 Å². The van der Waals surface area contributed by atoms with E-state index in [2.05, 4.69) is 0 Å². The Balaban J connectivity index is 1.72. The average molecular weight is 333 g/mol. The summed E-state index contributed by atoms with van der Waals surface area (Å²) in [7, 11) is 0. The van der Waals surface area contributed by atoms with Crippen molar-refractivity contribution >= 4 is 5.91 Å². The van der Waals surface area contributed by atoms with Crippen LogP contribution in [-0.2, 0) is 4.79 Å². The van der Waals surface area contributed by atoms with Crippen molar-refractivity contribution in [1.82, 2.24) is 4.90 Å². The van der Waals surface area contributed by atoms with Gasteiger partial charge in [0.2, 0.25) is 0 Å². The van der Waals surface area contributed by atoms with Crippen LogP contribution in [0.25, 0.3) is 0 Å². The van der Waals surface area contributed by atoms with E-state index in [-0.39, 0.29) is 25.5 Å². The first-order valence-electron chi connectivity index (χ1n) is 7.65. The summed E-state index contributed by atoms with van der Waals surface area (Å²) in [5.41, 5.74) is 0.457. The Morgan fingerprint density at radius 3 is 2.62 bits per heavy atom. The highest BCUT2D eigenvalue weighted by atomic mass is 19.2. The molecule has 1 heterocycles. The second-order valence-corrected chi connectivity index (χ2v) is 5.73. The predicted molar refractivity (Wildman–Crippen MR) is 83.4 cm³/mol. The van der Waals surface area contributed by atoms with E-state index in [1.54, 1.807) is 24.3 Å². The summed E-state index contributed by atoms with van der Waals surface area (Å²) in [5, 5.41) is 9.89. The standard InChI is InChI=1S/C18H17F2NO3/c19-15-7-6-12(8-16(15)20)17-9-13(22)10-21(17)18(23)11-24-14-4-2-1-3-5-14/h1-8,13,17,22H,9-11H2/t13-,17-/m0/s1. The molecule has 1 N–H and O–H groups in total. The van der Waals surface area contributed by atoms with Crippen LogP contribution in [0.3, 0.4) is 0 Å². The van der Waals surface area contributed by atoms with Gasteiger partial charge in [-0.25, -0.2) is 8.78 Å². The molecule has 2 atom stereocenters. The van der Waals surface area contributed by atoms with E-state index >= 15 is 0 Å². The van der Waals surface area contributed by atoms with Crippen molar-refractivity contribution in [1.29, 1.82) is 0 Å². The van der Waals surface area contributed by atoms with Gasteiger partial charge in [0.05, 0.1) is 12.1 Å². The van der Waals surface area contributed by atoms with Crippen LogP contribution in [0.2, 0.25) is 0 Å². The van der Waals surface area contributed by atoms with Crippen LogP contribution < -0.4 is 4.74 Å². The minimum absolute atomic E-state index is 0.140. The maximum Gasteiger partial charge on any atom is 0.261 e. The van der Waals surface area contributed by atoms with Gasteiger partial charge in [0.15, 0.2) is 18.2 Å². The lowest BCUT2D eigenvalue weighted by Crippen LogP contribution is -2.35. The molecule has 1 fully saturated rings. The van der Waals surface area contributed by atoms with Crippen molar-refractivity contribution in [2.45, 2.75) is 18.6 Å². The van der Waals surface area contributed by atoms with Gasteiger partial charge in [0.1, 0.15) is 5.75 Å². The SMILES string of the molecule is O=C(COc1ccccc1)N1C[C@@H](O)C[C@H]1c1ccc(F)c(F)c1. The fraction of sp³-hybridized carbons (Fsp3) is 0.278. The minimum Gasteiger partial charge on any atom is -0.484 e. The van der Waals surface area contributed by atoms with Gasteiger partial charge >= 0.3 is 0 Å². The fourth-order valence-electron chi connectivity index (χ4n) is 2.87. The number of hydrogen-bond donors (Lipinski definition) is 1. The highest BCUT2D eigenvalue weighted by Crippen LogP contribution is 2.33. The summed E-state index contributed by atoms with van der Waals surface area (Å²) < 4.78 is 32.0. The Kier molecular flexibility index (Phi) is 4.76. The minimum atomic E-state index is -0.971. The number of rotatable bonds is 4. The van der Waals surface area contributed by atoms with E-state index in [1.165, 1.54) is 11.0 Å². The molecule has 0 aliphatic carbocycles. The van der Waals surface area contributed by atoms with Crippen molar-refractivity contribution in [3.05, 3.63) is 65.7 Å². The molecule has 1 aliphatic heterocycles. The molecular weight excluding hydrogens is 316 g/mol. The number of nitrogens with zero attached hydrogens (tertiary/aromatic N) is 1. The van der Waals surface area contributed by atoms with Crippen LogP contribution in [0.5, 0.6) is 5.75 Å². The molecule has 4 nitrogen and oxygen atoms in total. The van der Waals surface area contributed by atoms with Crippen LogP contribution in [0.4, 0.5) is 8.78 Å². The molecule has 6 heteroatoms. The number of carbonyl (C=O) groups is 1. The monoisotopic (exact) mass is 333 g/mol. The molecule has 1 aliphatic rings. The van der Waals surface area contributed by atoms with E-state index < -0.39 is 23.8 Å². The number of hydrogen-bond acceptors (Lipinski definition) is 3. The van der Waals surface area contributed by atoms with Gasteiger partial charge in [-0.1, -0.05) is 24.3 Å². The van der Waals surface area contributed by atoms with Gasteiger partial charge in [-0.05, 0) is 36.2 Å². The molecular formula is C18H17F2NO3. The summed E-state index contributed by atoms with van der Waals surface area (Å²) in [5.74, 6) is -1.66. The molecule has 0 spiro atoms. The number of benzene rings is 2. The smallest absolute Gasteiger partial charge is 0.261 e. The molecule has 0 saturated carbocycles. The maximum atomic E-state index is 13.5. The molecule has 0 unspecified atom stereocenters.